The predicted molar refractivity (Wildman–Crippen MR) is 93.6 cm³/mol. The van der Waals surface area contributed by atoms with Crippen LogP contribution in [0.4, 0.5) is 0 Å². The smallest absolute Gasteiger partial charge is 0.236 e. The fraction of sp³-hybridized carbons (Fsp3) is 0.667. The SMILES string of the molecule is CNCC(=O)N1CCC[C@]2(CCC(=O)N(Cc3cnc(C)cn3)C2)C1. The molecule has 0 aliphatic carbocycles. The minimum Gasteiger partial charge on any atom is -0.341 e. The molecule has 1 aromatic heterocycles. The Hall–Kier alpha value is -2.02. The molecule has 136 valence electrons. The van der Waals surface area contributed by atoms with E-state index in [0.29, 0.717) is 26.1 Å². The maximum Gasteiger partial charge on any atom is 0.236 e. The largest absolute Gasteiger partial charge is 0.341 e. The van der Waals surface area contributed by atoms with Crippen LogP contribution in [0.25, 0.3) is 0 Å². The number of amides is 2. The second-order valence-corrected chi connectivity index (χ2v) is 7.35. The van der Waals surface area contributed by atoms with Crippen LogP contribution < -0.4 is 5.32 Å². The zero-order chi connectivity index (χ0) is 17.9. The summed E-state index contributed by atoms with van der Waals surface area (Å²) < 4.78 is 0. The second kappa shape index (κ2) is 7.47. The van der Waals surface area contributed by atoms with Crippen molar-refractivity contribution in [2.24, 2.45) is 5.41 Å². The number of rotatable bonds is 4. The molecule has 1 N–H and O–H groups in total. The van der Waals surface area contributed by atoms with Gasteiger partial charge in [-0.15, -0.1) is 0 Å². The van der Waals surface area contributed by atoms with Crippen LogP contribution in [0.5, 0.6) is 0 Å². The van der Waals surface area contributed by atoms with Crippen molar-refractivity contribution in [3.05, 3.63) is 23.8 Å². The minimum atomic E-state index is 0.0215. The number of likely N-dealkylation sites (N-methyl/N-ethyl adjacent to an activating group) is 1. The molecule has 0 radical (unpaired) electrons. The summed E-state index contributed by atoms with van der Waals surface area (Å²) >= 11 is 0. The van der Waals surface area contributed by atoms with E-state index in [9.17, 15) is 9.59 Å². The van der Waals surface area contributed by atoms with Crippen molar-refractivity contribution >= 4 is 11.8 Å². The Labute approximate surface area is 148 Å². The summed E-state index contributed by atoms with van der Waals surface area (Å²) in [7, 11) is 1.79. The highest BCUT2D eigenvalue weighted by molar-refractivity contribution is 5.79. The van der Waals surface area contributed by atoms with Crippen LogP contribution in [0.1, 0.15) is 37.1 Å². The number of nitrogens with zero attached hydrogens (tertiary/aromatic N) is 4. The maximum atomic E-state index is 12.4. The zero-order valence-electron chi connectivity index (χ0n) is 15.1. The summed E-state index contributed by atoms with van der Waals surface area (Å²) in [5.74, 6) is 0.320. The van der Waals surface area contributed by atoms with Gasteiger partial charge in [-0.05, 0) is 33.2 Å². The molecule has 1 atom stereocenters. The fourth-order valence-corrected chi connectivity index (χ4v) is 3.96. The van der Waals surface area contributed by atoms with Gasteiger partial charge in [0.2, 0.25) is 11.8 Å². The first-order valence-corrected chi connectivity index (χ1v) is 8.99. The molecule has 2 saturated heterocycles. The first-order chi connectivity index (χ1) is 12.0. The number of carbonyl (C=O) groups is 2. The van der Waals surface area contributed by atoms with Gasteiger partial charge in [-0.25, -0.2) is 0 Å². The molecule has 25 heavy (non-hydrogen) atoms. The lowest BCUT2D eigenvalue weighted by molar-refractivity contribution is -0.143. The number of aromatic nitrogens is 2. The van der Waals surface area contributed by atoms with Crippen molar-refractivity contribution < 1.29 is 9.59 Å². The van der Waals surface area contributed by atoms with Crippen LogP contribution in [0.3, 0.4) is 0 Å². The number of hydrogen-bond acceptors (Lipinski definition) is 5. The quantitative estimate of drug-likeness (QED) is 0.871. The third-order valence-electron chi connectivity index (χ3n) is 5.28. The number of hydrogen-bond donors (Lipinski definition) is 1. The van der Waals surface area contributed by atoms with Gasteiger partial charge in [0, 0.05) is 37.7 Å². The lowest BCUT2D eigenvalue weighted by Gasteiger charge is -2.48. The van der Waals surface area contributed by atoms with Gasteiger partial charge >= 0.3 is 0 Å². The number of carbonyl (C=O) groups excluding carboxylic acids is 2. The first-order valence-electron chi connectivity index (χ1n) is 8.99. The second-order valence-electron chi connectivity index (χ2n) is 7.35. The van der Waals surface area contributed by atoms with Gasteiger partial charge in [0.05, 0.1) is 30.7 Å². The third kappa shape index (κ3) is 4.15. The van der Waals surface area contributed by atoms with Crippen LogP contribution in [-0.4, -0.2) is 64.8 Å². The van der Waals surface area contributed by atoms with E-state index in [-0.39, 0.29) is 17.2 Å². The van der Waals surface area contributed by atoms with Gasteiger partial charge < -0.3 is 15.1 Å². The summed E-state index contributed by atoms with van der Waals surface area (Å²) in [6.45, 7) is 5.04. The van der Waals surface area contributed by atoms with Crippen LogP contribution in [-0.2, 0) is 16.1 Å². The molecule has 2 aliphatic heterocycles. The van der Waals surface area contributed by atoms with Crippen molar-refractivity contribution in [3.8, 4) is 0 Å². The lowest BCUT2D eigenvalue weighted by atomic mass is 9.73. The summed E-state index contributed by atoms with van der Waals surface area (Å²) in [5, 5.41) is 2.94. The molecule has 0 aromatic carbocycles. The standard InChI is InChI=1S/C18H27N5O2/c1-14-8-21-15(9-20-14)11-23-13-18(6-4-16(23)24)5-3-7-22(12-18)17(25)10-19-2/h8-9,19H,3-7,10-13H2,1-2H3/t18-/m0/s1. The number of aryl methyl sites for hydroxylation is 1. The first kappa shape index (κ1) is 17.8. The van der Waals surface area contributed by atoms with Gasteiger partial charge in [-0.1, -0.05) is 0 Å². The molecule has 0 bridgehead atoms. The van der Waals surface area contributed by atoms with E-state index in [1.165, 1.54) is 0 Å². The highest BCUT2D eigenvalue weighted by atomic mass is 16.2. The van der Waals surface area contributed by atoms with E-state index < -0.39 is 0 Å². The molecule has 3 heterocycles. The maximum absolute atomic E-state index is 12.4. The minimum absolute atomic E-state index is 0.0215. The van der Waals surface area contributed by atoms with E-state index in [2.05, 4.69) is 15.3 Å². The van der Waals surface area contributed by atoms with Gasteiger partial charge in [0.1, 0.15) is 0 Å². The molecule has 1 aromatic rings. The highest BCUT2D eigenvalue weighted by Gasteiger charge is 2.42. The Morgan fingerprint density at radius 1 is 1.28 bits per heavy atom. The van der Waals surface area contributed by atoms with Gasteiger partial charge in [0.15, 0.2) is 0 Å². The molecule has 1 spiro atoms. The fourth-order valence-electron chi connectivity index (χ4n) is 3.96. The van der Waals surface area contributed by atoms with Crippen LogP contribution in [0.15, 0.2) is 12.4 Å². The number of nitrogens with one attached hydrogen (secondary N) is 1. The number of piperidine rings is 2. The molecule has 0 saturated carbocycles. The van der Waals surface area contributed by atoms with Crippen molar-refractivity contribution in [1.29, 1.82) is 0 Å². The normalized spacial score (nSPS) is 24.0. The molecular formula is C18H27N5O2. The summed E-state index contributed by atoms with van der Waals surface area (Å²) in [6.07, 6.45) is 6.96. The van der Waals surface area contributed by atoms with Gasteiger partial charge in [-0.3, -0.25) is 19.6 Å². The topological polar surface area (TPSA) is 78.4 Å². The van der Waals surface area contributed by atoms with Crippen molar-refractivity contribution in [1.82, 2.24) is 25.1 Å². The van der Waals surface area contributed by atoms with E-state index in [1.54, 1.807) is 19.4 Å². The highest BCUT2D eigenvalue weighted by Crippen LogP contribution is 2.39. The Bertz CT molecular complexity index is 633. The monoisotopic (exact) mass is 345 g/mol. The molecule has 7 nitrogen and oxygen atoms in total. The molecule has 0 unspecified atom stereocenters. The molecule has 2 fully saturated rings. The van der Waals surface area contributed by atoms with Crippen LogP contribution in [0, 0.1) is 12.3 Å². The van der Waals surface area contributed by atoms with Crippen LogP contribution >= 0.6 is 0 Å². The number of likely N-dealkylation sites (tertiary alicyclic amines) is 2. The summed E-state index contributed by atoms with van der Waals surface area (Å²) in [6, 6.07) is 0. The molecule has 3 rings (SSSR count). The molecule has 2 amide bonds. The van der Waals surface area contributed by atoms with Crippen molar-refractivity contribution in [2.45, 2.75) is 39.2 Å². The van der Waals surface area contributed by atoms with Crippen molar-refractivity contribution in [2.75, 3.05) is 33.2 Å². The average Bonchev–Trinajstić information content (AvgIpc) is 2.61. The predicted octanol–water partition coefficient (Wildman–Crippen LogP) is 0.736. The summed E-state index contributed by atoms with van der Waals surface area (Å²) in [5.41, 5.74) is 1.71. The van der Waals surface area contributed by atoms with Crippen LogP contribution in [0.2, 0.25) is 0 Å². The summed E-state index contributed by atoms with van der Waals surface area (Å²) in [4.78, 5) is 37.2. The molecule has 7 heteroatoms. The molecule has 2 aliphatic rings. The Balaban J connectivity index is 1.69. The van der Waals surface area contributed by atoms with E-state index in [0.717, 1.165) is 43.7 Å². The Morgan fingerprint density at radius 2 is 2.12 bits per heavy atom. The van der Waals surface area contributed by atoms with Gasteiger partial charge in [-0.2, -0.15) is 0 Å². The zero-order valence-corrected chi connectivity index (χ0v) is 15.1. The Morgan fingerprint density at radius 3 is 2.84 bits per heavy atom. The lowest BCUT2D eigenvalue weighted by Crippen LogP contribution is -2.55. The average molecular weight is 345 g/mol. The third-order valence-corrected chi connectivity index (χ3v) is 5.28. The van der Waals surface area contributed by atoms with Gasteiger partial charge in [0.25, 0.3) is 0 Å². The Kier molecular flexibility index (Phi) is 5.32. The van der Waals surface area contributed by atoms with E-state index in [1.807, 2.05) is 16.7 Å². The van der Waals surface area contributed by atoms with E-state index in [4.69, 9.17) is 0 Å². The van der Waals surface area contributed by atoms with E-state index >= 15 is 0 Å². The van der Waals surface area contributed by atoms with Crippen molar-refractivity contribution in [3.63, 3.8) is 0 Å². The molecular weight excluding hydrogens is 318 g/mol.